The summed E-state index contributed by atoms with van der Waals surface area (Å²) in [6, 6.07) is 0. The van der Waals surface area contributed by atoms with Crippen molar-refractivity contribution in [3.63, 3.8) is 0 Å². The highest BCUT2D eigenvalue weighted by atomic mass is 16.5. The number of fused-ring (bicyclic) bond motifs is 1. The summed E-state index contributed by atoms with van der Waals surface area (Å²) in [4.78, 5) is 0. The summed E-state index contributed by atoms with van der Waals surface area (Å²) in [5.41, 5.74) is 0.583. The minimum absolute atomic E-state index is 0.583. The molecule has 1 nitrogen and oxygen atoms in total. The maximum absolute atomic E-state index is 5.91. The van der Waals surface area contributed by atoms with Crippen molar-refractivity contribution in [3.05, 3.63) is 0 Å². The molecule has 0 bridgehead atoms. The van der Waals surface area contributed by atoms with Crippen LogP contribution < -0.4 is 0 Å². The molecule has 2 aliphatic rings. The maximum atomic E-state index is 5.91. The van der Waals surface area contributed by atoms with Crippen molar-refractivity contribution in [2.45, 2.75) is 59.0 Å². The second-order valence-electron chi connectivity index (χ2n) is 5.82. The van der Waals surface area contributed by atoms with E-state index in [0.29, 0.717) is 11.5 Å². The minimum atomic E-state index is 0.583. The first-order chi connectivity index (χ1) is 6.64. The summed E-state index contributed by atoms with van der Waals surface area (Å²) in [5.74, 6) is 1.69. The first kappa shape index (κ1) is 10.5. The lowest BCUT2D eigenvalue weighted by Crippen LogP contribution is -2.34. The summed E-state index contributed by atoms with van der Waals surface area (Å²) in [5, 5.41) is 0. The first-order valence-electron chi connectivity index (χ1n) is 6.26. The van der Waals surface area contributed by atoms with Crippen LogP contribution in [-0.2, 0) is 4.74 Å². The van der Waals surface area contributed by atoms with Gasteiger partial charge in [-0.2, -0.15) is 0 Å². The molecule has 1 heterocycles. The van der Waals surface area contributed by atoms with E-state index < -0.39 is 0 Å². The van der Waals surface area contributed by atoms with Crippen LogP contribution in [0, 0.1) is 17.3 Å². The third-order valence-corrected chi connectivity index (χ3v) is 4.41. The van der Waals surface area contributed by atoms with Crippen LogP contribution in [0.4, 0.5) is 0 Å². The Balaban J connectivity index is 1.98. The van der Waals surface area contributed by atoms with Gasteiger partial charge in [-0.15, -0.1) is 0 Å². The van der Waals surface area contributed by atoms with Gasteiger partial charge in [0.25, 0.3) is 0 Å². The van der Waals surface area contributed by atoms with E-state index in [1.54, 1.807) is 0 Å². The zero-order valence-corrected chi connectivity index (χ0v) is 9.88. The summed E-state index contributed by atoms with van der Waals surface area (Å²) >= 11 is 0. The predicted octanol–water partition coefficient (Wildman–Crippen LogP) is 3.63. The van der Waals surface area contributed by atoms with Crippen LogP contribution in [0.2, 0.25) is 0 Å². The molecule has 0 aromatic heterocycles. The lowest BCUT2D eigenvalue weighted by atomic mass is 9.66. The molecule has 14 heavy (non-hydrogen) atoms. The highest BCUT2D eigenvalue weighted by Crippen LogP contribution is 2.47. The van der Waals surface area contributed by atoms with E-state index in [1.165, 1.54) is 32.1 Å². The molecule has 0 aromatic rings. The summed E-state index contributed by atoms with van der Waals surface area (Å²) < 4.78 is 5.91. The zero-order valence-electron chi connectivity index (χ0n) is 9.88. The van der Waals surface area contributed by atoms with Crippen molar-refractivity contribution < 1.29 is 4.74 Å². The molecule has 2 rings (SSSR count). The Hall–Kier alpha value is -0.0400. The van der Waals surface area contributed by atoms with Crippen molar-refractivity contribution in [2.24, 2.45) is 17.3 Å². The van der Waals surface area contributed by atoms with Crippen LogP contribution in [0.25, 0.3) is 0 Å². The Morgan fingerprint density at radius 2 is 2.21 bits per heavy atom. The molecule has 0 aromatic carbocycles. The largest absolute Gasteiger partial charge is 0.378 e. The molecule has 1 saturated heterocycles. The van der Waals surface area contributed by atoms with E-state index >= 15 is 0 Å². The van der Waals surface area contributed by atoms with E-state index in [4.69, 9.17) is 4.74 Å². The second kappa shape index (κ2) is 3.84. The van der Waals surface area contributed by atoms with Gasteiger partial charge in [0.2, 0.25) is 0 Å². The molecule has 2 fully saturated rings. The molecule has 1 aliphatic carbocycles. The van der Waals surface area contributed by atoms with E-state index in [1.807, 2.05) is 0 Å². The van der Waals surface area contributed by atoms with Crippen LogP contribution in [0.3, 0.4) is 0 Å². The normalized spacial score (nSPS) is 47.8. The smallest absolute Gasteiger partial charge is 0.0612 e. The molecule has 82 valence electrons. The third kappa shape index (κ3) is 1.84. The van der Waals surface area contributed by atoms with Gasteiger partial charge in [-0.05, 0) is 42.9 Å². The fourth-order valence-corrected chi connectivity index (χ4v) is 3.50. The third-order valence-electron chi connectivity index (χ3n) is 4.41. The van der Waals surface area contributed by atoms with Crippen LogP contribution in [0.1, 0.15) is 52.9 Å². The van der Waals surface area contributed by atoms with Gasteiger partial charge in [0.15, 0.2) is 0 Å². The number of hydrogen-bond acceptors (Lipinski definition) is 1. The van der Waals surface area contributed by atoms with Crippen LogP contribution in [-0.4, -0.2) is 12.7 Å². The van der Waals surface area contributed by atoms with E-state index in [9.17, 15) is 0 Å². The number of hydrogen-bond donors (Lipinski definition) is 0. The van der Waals surface area contributed by atoms with Gasteiger partial charge < -0.3 is 4.74 Å². The lowest BCUT2D eigenvalue weighted by Gasteiger charge is -2.40. The fourth-order valence-electron chi connectivity index (χ4n) is 3.50. The van der Waals surface area contributed by atoms with Crippen molar-refractivity contribution in [1.29, 1.82) is 0 Å². The molecular formula is C13H24O. The first-order valence-corrected chi connectivity index (χ1v) is 6.26. The molecule has 0 radical (unpaired) electrons. The quantitative estimate of drug-likeness (QED) is 0.655. The molecule has 4 atom stereocenters. The van der Waals surface area contributed by atoms with Crippen LogP contribution in [0.15, 0.2) is 0 Å². The van der Waals surface area contributed by atoms with E-state index in [-0.39, 0.29) is 0 Å². The molecule has 1 aliphatic heterocycles. The molecular weight excluding hydrogens is 172 g/mol. The Morgan fingerprint density at radius 1 is 1.43 bits per heavy atom. The number of rotatable bonds is 2. The molecule has 4 unspecified atom stereocenters. The Labute approximate surface area is 88.2 Å². The minimum Gasteiger partial charge on any atom is -0.378 e. The zero-order chi connectivity index (χ0) is 10.2. The lowest BCUT2D eigenvalue weighted by molar-refractivity contribution is 0.0101. The Bertz CT molecular complexity index is 201. The van der Waals surface area contributed by atoms with Gasteiger partial charge >= 0.3 is 0 Å². The van der Waals surface area contributed by atoms with E-state index in [0.717, 1.165) is 18.4 Å². The fraction of sp³-hybridized carbons (Fsp3) is 1.00. The van der Waals surface area contributed by atoms with Crippen LogP contribution >= 0.6 is 0 Å². The Morgan fingerprint density at radius 3 is 2.93 bits per heavy atom. The van der Waals surface area contributed by atoms with Crippen molar-refractivity contribution in [1.82, 2.24) is 0 Å². The maximum Gasteiger partial charge on any atom is 0.0612 e. The summed E-state index contributed by atoms with van der Waals surface area (Å²) in [6.07, 6.45) is 7.45. The van der Waals surface area contributed by atoms with Gasteiger partial charge in [-0.1, -0.05) is 27.2 Å². The van der Waals surface area contributed by atoms with Crippen molar-refractivity contribution in [2.75, 3.05) is 6.61 Å². The molecule has 0 spiro atoms. The Kier molecular flexibility index (Phi) is 2.88. The standard InChI is InChI=1S/C13H24O/c1-4-6-13(3)7-5-11-10(2)9-14-12(11)8-13/h10-12H,4-9H2,1-3H3. The van der Waals surface area contributed by atoms with Gasteiger partial charge in [0.05, 0.1) is 6.10 Å². The second-order valence-corrected chi connectivity index (χ2v) is 5.82. The monoisotopic (exact) mass is 196 g/mol. The van der Waals surface area contributed by atoms with Crippen LogP contribution in [0.5, 0.6) is 0 Å². The average Bonchev–Trinajstić information content (AvgIpc) is 2.47. The topological polar surface area (TPSA) is 9.23 Å². The van der Waals surface area contributed by atoms with Gasteiger partial charge in [0, 0.05) is 6.61 Å². The van der Waals surface area contributed by atoms with Crippen molar-refractivity contribution >= 4 is 0 Å². The molecule has 0 N–H and O–H groups in total. The molecule has 0 amide bonds. The summed E-state index contributed by atoms with van der Waals surface area (Å²) in [6.45, 7) is 8.12. The molecule has 1 saturated carbocycles. The van der Waals surface area contributed by atoms with Gasteiger partial charge in [-0.3, -0.25) is 0 Å². The average molecular weight is 196 g/mol. The van der Waals surface area contributed by atoms with Crippen molar-refractivity contribution in [3.8, 4) is 0 Å². The highest BCUT2D eigenvalue weighted by Gasteiger charge is 2.43. The summed E-state index contributed by atoms with van der Waals surface area (Å²) in [7, 11) is 0. The SMILES string of the molecule is CCCC1(C)CCC2C(C)COC2C1. The van der Waals surface area contributed by atoms with Gasteiger partial charge in [0.1, 0.15) is 0 Å². The van der Waals surface area contributed by atoms with E-state index in [2.05, 4.69) is 20.8 Å². The molecule has 1 heteroatoms. The predicted molar refractivity (Wildman–Crippen MR) is 59.3 cm³/mol. The van der Waals surface area contributed by atoms with Gasteiger partial charge in [-0.25, -0.2) is 0 Å². The highest BCUT2D eigenvalue weighted by molar-refractivity contribution is 4.92. The number of ether oxygens (including phenoxy) is 1.